The Morgan fingerprint density at radius 1 is 0.962 bits per heavy atom. The summed E-state index contributed by atoms with van der Waals surface area (Å²) in [6.07, 6.45) is 1.13. The molecule has 3 nitrogen and oxygen atoms in total. The van der Waals surface area contributed by atoms with Crippen molar-refractivity contribution in [2.75, 3.05) is 0 Å². The number of nitrogens with zero attached hydrogens (tertiary/aromatic N) is 2. The fourth-order valence-electron chi connectivity index (χ4n) is 2.87. The Balaban J connectivity index is 0. The fraction of sp³-hybridized carbons (Fsp3) is 0.700. The summed E-state index contributed by atoms with van der Waals surface area (Å²) in [6.45, 7) is 24.7. The van der Waals surface area contributed by atoms with Gasteiger partial charge in [-0.25, -0.2) is 0 Å². The van der Waals surface area contributed by atoms with Crippen molar-refractivity contribution in [2.45, 2.75) is 90.9 Å². The summed E-state index contributed by atoms with van der Waals surface area (Å²) in [5.41, 5.74) is 2.33. The summed E-state index contributed by atoms with van der Waals surface area (Å²) in [5.74, 6) is 0. The summed E-state index contributed by atoms with van der Waals surface area (Å²) in [7, 11) is 4.03. The third-order valence-electron chi connectivity index (χ3n) is 3.75. The minimum absolute atomic E-state index is 0.00343. The van der Waals surface area contributed by atoms with Crippen molar-refractivity contribution in [3.05, 3.63) is 34.9 Å². The van der Waals surface area contributed by atoms with Crippen LogP contribution in [0.3, 0.4) is 0 Å². The van der Waals surface area contributed by atoms with Gasteiger partial charge in [-0.1, -0.05) is 26.8 Å². The first kappa shape index (κ1) is 28.3. The van der Waals surface area contributed by atoms with Crippen molar-refractivity contribution >= 4 is 24.4 Å². The standard InChI is InChI=1S/C19H34N2P.CHO.ClH.Ru.H/c1-17(2,3)20-13-15-11-10-12-16(21-15)14-22(18(4,5)6)19(7,8)9;1-2;;;/h10-12H,13-14H2,1-9H3;1H;1H;;/q2*-1;;+3;. The Hall–Kier alpha value is 0.123. The van der Waals surface area contributed by atoms with E-state index in [1.807, 2.05) is 0 Å². The van der Waals surface area contributed by atoms with E-state index in [9.17, 15) is 0 Å². The van der Waals surface area contributed by atoms with Gasteiger partial charge in [0.2, 0.25) is 0 Å². The molecule has 1 aromatic heterocycles. The quantitative estimate of drug-likeness (QED) is 0.219. The number of carbonyl (C=O) groups excluding carboxylic acids is 1. The summed E-state index contributed by atoms with van der Waals surface area (Å²) < 4.78 is 0. The van der Waals surface area contributed by atoms with Crippen LogP contribution in [-0.2, 0) is 34.8 Å². The molecule has 0 aliphatic carbocycles. The molecule has 0 amide bonds. The van der Waals surface area contributed by atoms with Gasteiger partial charge in [0.15, 0.2) is 0 Å². The summed E-state index contributed by atoms with van der Waals surface area (Å²) in [4.78, 5) is 12.6. The molecular formula is C20H37ClN2OPRu+. The Labute approximate surface area is 176 Å². The van der Waals surface area contributed by atoms with E-state index in [0.29, 0.717) is 16.9 Å². The van der Waals surface area contributed by atoms with Gasteiger partial charge in [0.25, 0.3) is 0 Å². The summed E-state index contributed by atoms with van der Waals surface area (Å²) in [5, 5.41) is 5.43. The van der Waals surface area contributed by atoms with E-state index < -0.39 is 7.92 Å². The topological polar surface area (TPSA) is 44.1 Å². The van der Waals surface area contributed by atoms with Crippen LogP contribution < -0.4 is 0 Å². The maximum absolute atomic E-state index is 7.75. The van der Waals surface area contributed by atoms with Gasteiger partial charge in [0.05, 0.1) is 22.2 Å². The molecule has 1 aromatic rings. The van der Waals surface area contributed by atoms with Crippen LogP contribution in [0, 0.1) is 0 Å². The Kier molecular flexibility index (Phi) is 13.7. The van der Waals surface area contributed by atoms with Gasteiger partial charge in [0, 0.05) is 13.6 Å². The van der Waals surface area contributed by atoms with Crippen molar-refractivity contribution in [3.63, 3.8) is 0 Å². The number of rotatable bonds is 4. The van der Waals surface area contributed by atoms with E-state index in [4.69, 9.17) is 15.1 Å². The van der Waals surface area contributed by atoms with E-state index in [2.05, 4.69) is 97.0 Å². The molecular weight excluding hydrogens is 452 g/mol. The van der Waals surface area contributed by atoms with Crippen molar-refractivity contribution in [3.8, 4) is 0 Å². The molecule has 0 fully saturated rings. The monoisotopic (exact) mass is 489 g/mol. The van der Waals surface area contributed by atoms with Crippen LogP contribution in [-0.4, -0.2) is 27.6 Å². The predicted octanol–water partition coefficient (Wildman–Crippen LogP) is 6.21. The number of pyridine rings is 1. The average Bonchev–Trinajstić information content (AvgIpc) is 2.52. The minimum atomic E-state index is -0.580. The van der Waals surface area contributed by atoms with Crippen LogP contribution in [0.1, 0.15) is 73.7 Å². The van der Waals surface area contributed by atoms with Gasteiger partial charge in [-0.2, -0.15) is 0 Å². The molecule has 1 rings (SSSR count). The van der Waals surface area contributed by atoms with E-state index in [0.717, 1.165) is 11.9 Å². The average molecular weight is 489 g/mol. The van der Waals surface area contributed by atoms with Crippen molar-refractivity contribution in [1.82, 2.24) is 4.98 Å². The van der Waals surface area contributed by atoms with Crippen LogP contribution in [0.4, 0.5) is 0 Å². The molecule has 26 heavy (non-hydrogen) atoms. The third-order valence-corrected chi connectivity index (χ3v) is 8.09. The molecule has 0 unspecified atom stereocenters. The van der Waals surface area contributed by atoms with Crippen LogP contribution in [0.2, 0.25) is 0 Å². The molecule has 152 valence electrons. The molecule has 0 saturated heterocycles. The fourth-order valence-corrected chi connectivity index (χ4v) is 6.74. The van der Waals surface area contributed by atoms with Gasteiger partial charge in [-0.3, -0.25) is 11.8 Å². The molecule has 0 radical (unpaired) electrons. The molecule has 0 atom stereocenters. The molecule has 0 aromatic carbocycles. The SMILES string of the molecule is CC(C)(C)[N-]Cc1cccc(C[PH+](C(C)(C)C)C(C)(C)C)n1.[CH-]=O.[Cl][RuH+2]. The van der Waals surface area contributed by atoms with Crippen LogP contribution in [0.25, 0.3) is 5.32 Å². The van der Waals surface area contributed by atoms with Crippen LogP contribution >= 0.6 is 17.6 Å². The van der Waals surface area contributed by atoms with E-state index in [-0.39, 0.29) is 5.54 Å². The van der Waals surface area contributed by atoms with Crippen molar-refractivity contribution < 1.29 is 22.1 Å². The molecule has 0 bridgehead atoms. The van der Waals surface area contributed by atoms with Crippen molar-refractivity contribution in [2.24, 2.45) is 0 Å². The predicted molar refractivity (Wildman–Crippen MR) is 117 cm³/mol. The second-order valence-electron chi connectivity index (χ2n) is 9.26. The second kappa shape index (κ2) is 12.6. The number of halogens is 1. The second-order valence-corrected chi connectivity index (χ2v) is 13.6. The Bertz CT molecular complexity index is 494. The molecule has 1 heterocycles. The Morgan fingerprint density at radius 3 is 1.77 bits per heavy atom. The van der Waals surface area contributed by atoms with E-state index >= 15 is 0 Å². The molecule has 0 aliphatic heterocycles. The zero-order valence-electron chi connectivity index (χ0n) is 17.8. The van der Waals surface area contributed by atoms with Crippen LogP contribution in [0.15, 0.2) is 18.2 Å². The first-order valence-corrected chi connectivity index (χ1v) is 12.8. The molecule has 0 spiro atoms. The zero-order valence-corrected chi connectivity index (χ0v) is 21.4. The zero-order chi connectivity index (χ0) is 21.2. The molecule has 0 N–H and O–H groups in total. The number of aromatic nitrogens is 1. The van der Waals surface area contributed by atoms with Gasteiger partial charge in [-0.05, 0) is 53.7 Å². The molecule has 0 saturated carbocycles. The maximum atomic E-state index is 7.75. The molecule has 6 heteroatoms. The van der Waals surface area contributed by atoms with Gasteiger partial charge in [0.1, 0.15) is 0 Å². The number of hydrogen-bond acceptors (Lipinski definition) is 2. The van der Waals surface area contributed by atoms with Crippen LogP contribution in [0.5, 0.6) is 0 Å². The van der Waals surface area contributed by atoms with E-state index in [1.165, 1.54) is 5.69 Å². The summed E-state index contributed by atoms with van der Waals surface area (Å²) >= 11 is 1.62. The normalized spacial score (nSPS) is 12.0. The molecule has 0 aliphatic rings. The Morgan fingerprint density at radius 2 is 1.38 bits per heavy atom. The van der Waals surface area contributed by atoms with E-state index in [1.54, 1.807) is 17.3 Å². The van der Waals surface area contributed by atoms with Gasteiger partial charge >= 0.3 is 27.0 Å². The summed E-state index contributed by atoms with van der Waals surface area (Å²) in [6, 6.07) is 6.42. The first-order valence-electron chi connectivity index (χ1n) is 8.67. The first-order chi connectivity index (χ1) is 11.8. The third kappa shape index (κ3) is 12.5. The van der Waals surface area contributed by atoms with Crippen molar-refractivity contribution in [1.29, 1.82) is 0 Å². The van der Waals surface area contributed by atoms with Gasteiger partial charge < -0.3 is 10.1 Å². The van der Waals surface area contributed by atoms with Gasteiger partial charge in [-0.15, -0.1) is 12.1 Å². The number of hydrogen-bond donors (Lipinski definition) is 0.